The molecule has 0 aliphatic rings. The number of nitriles is 1. The zero-order valence-electron chi connectivity index (χ0n) is 17.9. The lowest BCUT2D eigenvalue weighted by Crippen LogP contribution is -2.13. The molecule has 3 aromatic carbocycles. The van der Waals surface area contributed by atoms with Crippen molar-refractivity contribution in [1.29, 1.82) is 5.26 Å². The minimum atomic E-state index is -0.458. The van der Waals surface area contributed by atoms with Crippen LogP contribution in [0, 0.1) is 11.3 Å². The van der Waals surface area contributed by atoms with Crippen LogP contribution in [0.25, 0.3) is 16.8 Å². The van der Waals surface area contributed by atoms with Gasteiger partial charge < -0.3 is 14.8 Å². The van der Waals surface area contributed by atoms with Gasteiger partial charge in [0.15, 0.2) is 11.5 Å². The Morgan fingerprint density at radius 1 is 1.03 bits per heavy atom. The summed E-state index contributed by atoms with van der Waals surface area (Å²) in [6, 6.07) is 20.9. The number of carbonyl (C=O) groups excluding carboxylic acids is 1. The minimum absolute atomic E-state index is 0.00929. The van der Waals surface area contributed by atoms with Crippen molar-refractivity contribution in [3.63, 3.8) is 0 Å². The third kappa shape index (κ3) is 5.64. The highest BCUT2D eigenvalue weighted by atomic mass is 16.5. The lowest BCUT2D eigenvalue weighted by atomic mass is 10.1. The summed E-state index contributed by atoms with van der Waals surface area (Å²) < 4.78 is 11.5. The van der Waals surface area contributed by atoms with Crippen LogP contribution in [0.2, 0.25) is 0 Å². The molecule has 0 bridgehead atoms. The molecule has 1 N–H and O–H groups in total. The van der Waals surface area contributed by atoms with Gasteiger partial charge in [0.25, 0.3) is 5.91 Å². The molecule has 1 amide bonds. The van der Waals surface area contributed by atoms with Crippen molar-refractivity contribution < 1.29 is 14.3 Å². The van der Waals surface area contributed by atoms with Gasteiger partial charge in [0.1, 0.15) is 11.6 Å². The molecule has 0 aromatic heterocycles. The quantitative estimate of drug-likeness (QED) is 0.266. The normalized spacial score (nSPS) is 11.1. The van der Waals surface area contributed by atoms with E-state index in [1.165, 1.54) is 0 Å². The largest absolute Gasteiger partial charge is 0.490 e. The number of nitrogens with one attached hydrogen (secondary N) is 1. The Kier molecular flexibility index (Phi) is 7.67. The Morgan fingerprint density at radius 3 is 2.61 bits per heavy atom. The van der Waals surface area contributed by atoms with Gasteiger partial charge in [-0.1, -0.05) is 55.8 Å². The summed E-state index contributed by atoms with van der Waals surface area (Å²) in [5.74, 6) is 0.797. The molecule has 0 spiro atoms. The van der Waals surface area contributed by atoms with Gasteiger partial charge in [-0.3, -0.25) is 4.79 Å². The van der Waals surface area contributed by atoms with Crippen molar-refractivity contribution in [3.8, 4) is 17.6 Å². The Balaban J connectivity index is 1.84. The maximum absolute atomic E-state index is 12.8. The predicted molar refractivity (Wildman–Crippen MR) is 124 cm³/mol. The van der Waals surface area contributed by atoms with Gasteiger partial charge in [-0.15, -0.1) is 0 Å². The lowest BCUT2D eigenvalue weighted by molar-refractivity contribution is -0.112. The first-order valence-electron chi connectivity index (χ1n) is 10.5. The molecule has 0 saturated carbocycles. The molecule has 0 aliphatic heterocycles. The molecular weight excluding hydrogens is 388 g/mol. The molecule has 3 aromatic rings. The number of benzene rings is 3. The second kappa shape index (κ2) is 10.8. The van der Waals surface area contributed by atoms with E-state index in [1.54, 1.807) is 12.1 Å². The minimum Gasteiger partial charge on any atom is -0.490 e. The van der Waals surface area contributed by atoms with E-state index in [9.17, 15) is 10.1 Å². The molecular formula is C26H26N2O3. The topological polar surface area (TPSA) is 71.3 Å². The van der Waals surface area contributed by atoms with E-state index < -0.39 is 5.91 Å². The molecule has 0 radical (unpaired) electrons. The summed E-state index contributed by atoms with van der Waals surface area (Å²) in [7, 11) is 0. The van der Waals surface area contributed by atoms with E-state index in [0.717, 1.165) is 23.6 Å². The van der Waals surface area contributed by atoms with Gasteiger partial charge >= 0.3 is 0 Å². The van der Waals surface area contributed by atoms with Crippen molar-refractivity contribution in [1.82, 2.24) is 0 Å². The molecule has 5 nitrogen and oxygen atoms in total. The maximum Gasteiger partial charge on any atom is 0.266 e. The highest BCUT2D eigenvalue weighted by Crippen LogP contribution is 2.30. The first-order valence-corrected chi connectivity index (χ1v) is 10.5. The van der Waals surface area contributed by atoms with Gasteiger partial charge in [0.2, 0.25) is 0 Å². The number of hydrogen-bond donors (Lipinski definition) is 1. The van der Waals surface area contributed by atoms with E-state index in [2.05, 4.69) is 12.2 Å². The van der Waals surface area contributed by atoms with Crippen molar-refractivity contribution in [3.05, 3.63) is 71.8 Å². The zero-order chi connectivity index (χ0) is 22.1. The number of hydrogen-bond acceptors (Lipinski definition) is 4. The number of rotatable bonds is 9. The van der Waals surface area contributed by atoms with Crippen LogP contribution in [0.4, 0.5) is 5.69 Å². The average Bonchev–Trinajstić information content (AvgIpc) is 2.79. The number of anilines is 1. The van der Waals surface area contributed by atoms with Crippen LogP contribution >= 0.6 is 0 Å². The summed E-state index contributed by atoms with van der Waals surface area (Å²) in [6.45, 7) is 5.11. The highest BCUT2D eigenvalue weighted by molar-refractivity contribution is 6.12. The summed E-state index contributed by atoms with van der Waals surface area (Å²) in [6.07, 6.45) is 3.56. The SMILES string of the molecule is CCCCOc1ccc(/C=C(\C#N)C(=O)Nc2cccc3ccccc23)cc1OCC. The highest BCUT2D eigenvalue weighted by Gasteiger charge is 2.13. The molecule has 3 rings (SSSR count). The number of unbranched alkanes of at least 4 members (excludes halogenated alkanes) is 1. The molecule has 5 heteroatoms. The number of amides is 1. The maximum atomic E-state index is 12.8. The molecule has 0 atom stereocenters. The smallest absolute Gasteiger partial charge is 0.266 e. The van der Waals surface area contributed by atoms with Crippen LogP contribution < -0.4 is 14.8 Å². The van der Waals surface area contributed by atoms with Gasteiger partial charge in [-0.25, -0.2) is 0 Å². The Morgan fingerprint density at radius 2 is 1.84 bits per heavy atom. The van der Waals surface area contributed by atoms with Crippen LogP contribution in [0.5, 0.6) is 11.5 Å². The fraction of sp³-hybridized carbons (Fsp3) is 0.231. The summed E-state index contributed by atoms with van der Waals surface area (Å²) in [5, 5.41) is 14.4. The second-order valence-electron chi connectivity index (χ2n) is 6.99. The predicted octanol–water partition coefficient (Wildman–Crippen LogP) is 5.96. The molecule has 0 saturated heterocycles. The standard InChI is InChI=1S/C26H26N2O3/c1-3-5-15-31-24-14-13-19(17-25(24)30-4-2)16-21(18-27)26(29)28-23-12-8-10-20-9-6-7-11-22(20)23/h6-14,16-17H,3-5,15H2,1-2H3,(H,28,29)/b21-16+. The molecule has 0 fully saturated rings. The molecule has 0 unspecified atom stereocenters. The average molecular weight is 415 g/mol. The Labute approximate surface area is 182 Å². The fourth-order valence-corrected chi connectivity index (χ4v) is 3.17. The summed E-state index contributed by atoms with van der Waals surface area (Å²) in [4.78, 5) is 12.8. The van der Waals surface area contributed by atoms with E-state index in [1.807, 2.05) is 67.6 Å². The van der Waals surface area contributed by atoms with Crippen LogP contribution in [0.15, 0.2) is 66.2 Å². The van der Waals surface area contributed by atoms with Gasteiger partial charge in [-0.05, 0) is 48.6 Å². The van der Waals surface area contributed by atoms with E-state index in [-0.39, 0.29) is 5.57 Å². The monoisotopic (exact) mass is 414 g/mol. The third-order valence-corrected chi connectivity index (χ3v) is 4.74. The molecule has 0 heterocycles. The van der Waals surface area contributed by atoms with Crippen LogP contribution in [0.3, 0.4) is 0 Å². The Bertz CT molecular complexity index is 1120. The molecule has 31 heavy (non-hydrogen) atoms. The van der Waals surface area contributed by atoms with E-state index in [4.69, 9.17) is 9.47 Å². The number of carbonyl (C=O) groups is 1. The first-order chi connectivity index (χ1) is 15.2. The van der Waals surface area contributed by atoms with Crippen molar-refractivity contribution in [2.45, 2.75) is 26.7 Å². The van der Waals surface area contributed by atoms with E-state index >= 15 is 0 Å². The van der Waals surface area contributed by atoms with Gasteiger partial charge in [0.05, 0.1) is 13.2 Å². The number of ether oxygens (including phenoxy) is 2. The van der Waals surface area contributed by atoms with E-state index in [0.29, 0.717) is 36.0 Å². The molecule has 158 valence electrons. The van der Waals surface area contributed by atoms with Crippen LogP contribution in [-0.4, -0.2) is 19.1 Å². The molecule has 0 aliphatic carbocycles. The number of fused-ring (bicyclic) bond motifs is 1. The summed E-state index contributed by atoms with van der Waals surface area (Å²) >= 11 is 0. The number of nitrogens with zero attached hydrogens (tertiary/aromatic N) is 1. The third-order valence-electron chi connectivity index (χ3n) is 4.74. The Hall–Kier alpha value is -3.78. The van der Waals surface area contributed by atoms with Crippen molar-refractivity contribution in [2.24, 2.45) is 0 Å². The zero-order valence-corrected chi connectivity index (χ0v) is 17.9. The lowest BCUT2D eigenvalue weighted by Gasteiger charge is -2.12. The van der Waals surface area contributed by atoms with Crippen LogP contribution in [0.1, 0.15) is 32.3 Å². The summed E-state index contributed by atoms with van der Waals surface area (Å²) in [5.41, 5.74) is 1.37. The van der Waals surface area contributed by atoms with Crippen molar-refractivity contribution >= 4 is 28.4 Å². The van der Waals surface area contributed by atoms with Crippen LogP contribution in [-0.2, 0) is 4.79 Å². The van der Waals surface area contributed by atoms with Crippen molar-refractivity contribution in [2.75, 3.05) is 18.5 Å². The van der Waals surface area contributed by atoms with Gasteiger partial charge in [-0.2, -0.15) is 5.26 Å². The fourth-order valence-electron chi connectivity index (χ4n) is 3.17. The van der Waals surface area contributed by atoms with Gasteiger partial charge in [0, 0.05) is 11.1 Å². The second-order valence-corrected chi connectivity index (χ2v) is 6.99. The first kappa shape index (κ1) is 21.9.